The lowest BCUT2D eigenvalue weighted by Crippen LogP contribution is -2.58. The van der Waals surface area contributed by atoms with Crippen molar-refractivity contribution in [1.29, 1.82) is 0 Å². The summed E-state index contributed by atoms with van der Waals surface area (Å²) in [6.07, 6.45) is 2.16. The molecule has 1 saturated carbocycles. The Morgan fingerprint density at radius 3 is 2.42 bits per heavy atom. The van der Waals surface area contributed by atoms with Crippen molar-refractivity contribution in [2.45, 2.75) is 24.3 Å². The second kappa shape index (κ2) is 4.69. The first-order chi connectivity index (χ1) is 9.19. The first-order valence-corrected chi connectivity index (χ1v) is 6.75. The van der Waals surface area contributed by atoms with Crippen LogP contribution in [0.3, 0.4) is 0 Å². The number of hydrogen-bond donors (Lipinski definition) is 1. The molecule has 1 aliphatic carbocycles. The maximum Gasteiger partial charge on any atom is 0.126 e. The van der Waals surface area contributed by atoms with E-state index in [-0.39, 0.29) is 5.41 Å². The number of benzene rings is 1. The molecule has 1 heterocycles. The van der Waals surface area contributed by atoms with Gasteiger partial charge in [-0.2, -0.15) is 0 Å². The molecule has 1 aromatic rings. The van der Waals surface area contributed by atoms with Crippen LogP contribution in [0.15, 0.2) is 18.2 Å². The largest absolute Gasteiger partial charge is 0.497 e. The number of hydrogen-bond acceptors (Lipinski definition) is 4. The molecule has 4 heteroatoms. The average molecular weight is 263 g/mol. The van der Waals surface area contributed by atoms with Gasteiger partial charge < -0.3 is 19.9 Å². The van der Waals surface area contributed by atoms with Gasteiger partial charge in [-0.15, -0.1) is 0 Å². The van der Waals surface area contributed by atoms with Crippen LogP contribution in [-0.2, 0) is 10.2 Å². The van der Waals surface area contributed by atoms with Crippen molar-refractivity contribution < 1.29 is 14.2 Å². The first kappa shape index (κ1) is 12.8. The predicted molar refractivity (Wildman–Crippen MR) is 72.7 cm³/mol. The van der Waals surface area contributed by atoms with Crippen molar-refractivity contribution in [2.24, 2.45) is 11.7 Å². The minimum absolute atomic E-state index is 0.0908. The normalized spacial score (nSPS) is 28.2. The van der Waals surface area contributed by atoms with Gasteiger partial charge in [0, 0.05) is 23.1 Å². The zero-order valence-electron chi connectivity index (χ0n) is 11.5. The second-order valence-electron chi connectivity index (χ2n) is 5.64. The first-order valence-electron chi connectivity index (χ1n) is 6.75. The maximum atomic E-state index is 5.95. The molecule has 1 saturated heterocycles. The zero-order valence-corrected chi connectivity index (χ0v) is 11.5. The third kappa shape index (κ3) is 1.90. The van der Waals surface area contributed by atoms with Crippen molar-refractivity contribution in [3.8, 4) is 11.5 Å². The maximum absolute atomic E-state index is 5.95. The fourth-order valence-electron chi connectivity index (χ4n) is 3.26. The van der Waals surface area contributed by atoms with E-state index in [2.05, 4.69) is 6.07 Å². The Balaban J connectivity index is 1.95. The molecule has 2 fully saturated rings. The van der Waals surface area contributed by atoms with Crippen LogP contribution in [0.25, 0.3) is 0 Å². The Kier molecular flexibility index (Phi) is 3.15. The predicted octanol–water partition coefficient (Wildman–Crippen LogP) is 1.71. The van der Waals surface area contributed by atoms with Crippen LogP contribution >= 0.6 is 0 Å². The van der Waals surface area contributed by atoms with Crippen LogP contribution in [0.1, 0.15) is 18.4 Å². The summed E-state index contributed by atoms with van der Waals surface area (Å²) in [5, 5.41) is 0. The van der Waals surface area contributed by atoms with Gasteiger partial charge in [-0.1, -0.05) is 6.07 Å². The van der Waals surface area contributed by atoms with Gasteiger partial charge in [-0.05, 0) is 24.8 Å². The highest BCUT2D eigenvalue weighted by Gasteiger charge is 2.52. The van der Waals surface area contributed by atoms with Gasteiger partial charge in [-0.3, -0.25) is 0 Å². The van der Waals surface area contributed by atoms with E-state index in [9.17, 15) is 0 Å². The molecule has 104 valence electrons. The fraction of sp³-hybridized carbons (Fsp3) is 0.600. The summed E-state index contributed by atoms with van der Waals surface area (Å²) in [4.78, 5) is 0. The Morgan fingerprint density at radius 1 is 1.21 bits per heavy atom. The molecule has 2 N–H and O–H groups in total. The van der Waals surface area contributed by atoms with Crippen molar-refractivity contribution >= 4 is 0 Å². The van der Waals surface area contributed by atoms with Crippen LogP contribution in [0, 0.1) is 5.92 Å². The van der Waals surface area contributed by atoms with E-state index in [4.69, 9.17) is 19.9 Å². The lowest BCUT2D eigenvalue weighted by molar-refractivity contribution is -0.111. The molecular formula is C15H21NO3. The summed E-state index contributed by atoms with van der Waals surface area (Å²) in [6, 6.07) is 6.42. The molecule has 0 bridgehead atoms. The van der Waals surface area contributed by atoms with Gasteiger partial charge in [0.2, 0.25) is 0 Å². The molecule has 0 atom stereocenters. The smallest absolute Gasteiger partial charge is 0.126 e. The Morgan fingerprint density at radius 2 is 1.95 bits per heavy atom. The summed E-state index contributed by atoms with van der Waals surface area (Å²) in [5.41, 5.74) is 7.27. The van der Waals surface area contributed by atoms with E-state index in [1.165, 1.54) is 5.56 Å². The lowest BCUT2D eigenvalue weighted by Gasteiger charge is -2.53. The van der Waals surface area contributed by atoms with Crippen LogP contribution < -0.4 is 15.2 Å². The highest BCUT2D eigenvalue weighted by Crippen LogP contribution is 2.51. The van der Waals surface area contributed by atoms with Crippen molar-refractivity contribution in [2.75, 3.05) is 27.4 Å². The molecule has 1 aromatic carbocycles. The molecule has 0 radical (unpaired) electrons. The number of ether oxygens (including phenoxy) is 3. The van der Waals surface area contributed by atoms with Crippen molar-refractivity contribution in [1.82, 2.24) is 0 Å². The molecule has 4 nitrogen and oxygen atoms in total. The van der Waals surface area contributed by atoms with Gasteiger partial charge in [0.15, 0.2) is 0 Å². The molecule has 0 amide bonds. The number of rotatable bonds is 4. The SMILES string of the molecule is COc1ccc(C2(C3CC(N)C3)COC2)c(OC)c1. The third-order valence-electron chi connectivity index (χ3n) is 4.62. The highest BCUT2D eigenvalue weighted by atomic mass is 16.5. The van der Waals surface area contributed by atoms with Crippen LogP contribution in [0.4, 0.5) is 0 Å². The highest BCUT2D eigenvalue weighted by molar-refractivity contribution is 5.47. The minimum atomic E-state index is 0.0908. The summed E-state index contributed by atoms with van der Waals surface area (Å²) in [6.45, 7) is 1.54. The van der Waals surface area contributed by atoms with Gasteiger partial charge in [0.05, 0.1) is 27.4 Å². The van der Waals surface area contributed by atoms with E-state index < -0.39 is 0 Å². The van der Waals surface area contributed by atoms with E-state index in [0.717, 1.165) is 37.6 Å². The van der Waals surface area contributed by atoms with Gasteiger partial charge in [0.25, 0.3) is 0 Å². The molecular weight excluding hydrogens is 242 g/mol. The van der Waals surface area contributed by atoms with E-state index in [0.29, 0.717) is 12.0 Å². The zero-order chi connectivity index (χ0) is 13.5. The minimum Gasteiger partial charge on any atom is -0.497 e. The third-order valence-corrected chi connectivity index (χ3v) is 4.62. The number of methoxy groups -OCH3 is 2. The van der Waals surface area contributed by atoms with Crippen LogP contribution in [0.5, 0.6) is 11.5 Å². The molecule has 0 aromatic heterocycles. The summed E-state index contributed by atoms with van der Waals surface area (Å²) >= 11 is 0. The molecule has 0 spiro atoms. The van der Waals surface area contributed by atoms with E-state index in [1.54, 1.807) is 14.2 Å². The second-order valence-corrected chi connectivity index (χ2v) is 5.64. The average Bonchev–Trinajstić information content (AvgIpc) is 2.35. The summed E-state index contributed by atoms with van der Waals surface area (Å²) in [5.74, 6) is 2.32. The molecule has 3 rings (SSSR count). The molecule has 19 heavy (non-hydrogen) atoms. The molecule has 1 aliphatic heterocycles. The summed E-state index contributed by atoms with van der Waals surface area (Å²) < 4.78 is 16.3. The standard InChI is InChI=1S/C15H21NO3/c1-17-12-3-4-13(14(7-12)18-2)15(8-19-9-15)10-5-11(16)6-10/h3-4,7,10-11H,5-6,8-9,16H2,1-2H3. The van der Waals surface area contributed by atoms with Gasteiger partial charge in [-0.25, -0.2) is 0 Å². The van der Waals surface area contributed by atoms with Gasteiger partial charge >= 0.3 is 0 Å². The van der Waals surface area contributed by atoms with Crippen molar-refractivity contribution in [3.05, 3.63) is 23.8 Å². The Hall–Kier alpha value is -1.26. The topological polar surface area (TPSA) is 53.7 Å². The molecule has 0 unspecified atom stereocenters. The fourth-order valence-corrected chi connectivity index (χ4v) is 3.26. The van der Waals surface area contributed by atoms with E-state index in [1.807, 2.05) is 12.1 Å². The monoisotopic (exact) mass is 263 g/mol. The lowest BCUT2D eigenvalue weighted by atomic mass is 9.59. The van der Waals surface area contributed by atoms with Crippen molar-refractivity contribution in [3.63, 3.8) is 0 Å². The van der Waals surface area contributed by atoms with Crippen LogP contribution in [-0.4, -0.2) is 33.5 Å². The Bertz CT molecular complexity index is 464. The quantitative estimate of drug-likeness (QED) is 0.898. The molecule has 2 aliphatic rings. The number of nitrogens with two attached hydrogens (primary N) is 1. The summed E-state index contributed by atoms with van der Waals surface area (Å²) in [7, 11) is 3.37. The van der Waals surface area contributed by atoms with Crippen LogP contribution in [0.2, 0.25) is 0 Å². The van der Waals surface area contributed by atoms with Gasteiger partial charge in [0.1, 0.15) is 11.5 Å². The van der Waals surface area contributed by atoms with E-state index >= 15 is 0 Å². The Labute approximate surface area is 113 Å².